The predicted molar refractivity (Wildman–Crippen MR) is 87.0 cm³/mol. The van der Waals surface area contributed by atoms with Crippen molar-refractivity contribution in [2.75, 3.05) is 37.7 Å². The second kappa shape index (κ2) is 6.17. The van der Waals surface area contributed by atoms with Gasteiger partial charge in [-0.25, -0.2) is 4.79 Å². The Labute approximate surface area is 132 Å². The number of rotatable bonds is 5. The molecule has 0 amide bonds. The molecule has 126 valence electrons. The Bertz CT molecular complexity index is 834. The molecule has 0 aliphatic carbocycles. The van der Waals surface area contributed by atoms with Gasteiger partial charge in [0.25, 0.3) is 5.56 Å². The highest BCUT2D eigenvalue weighted by Crippen LogP contribution is 2.23. The van der Waals surface area contributed by atoms with Gasteiger partial charge in [-0.3, -0.25) is 13.9 Å². The summed E-state index contributed by atoms with van der Waals surface area (Å²) in [7, 11) is 3.12. The lowest BCUT2D eigenvalue weighted by Crippen LogP contribution is -2.39. The van der Waals surface area contributed by atoms with E-state index in [2.05, 4.69) is 15.2 Å². The maximum Gasteiger partial charge on any atom is 0.332 e. The van der Waals surface area contributed by atoms with Crippen LogP contribution in [0.2, 0.25) is 0 Å². The zero-order chi connectivity index (χ0) is 16.6. The summed E-state index contributed by atoms with van der Waals surface area (Å²) < 4.78 is 4.45. The number of aliphatic hydroxyl groups excluding tert-OH is 1. The third-order valence-corrected chi connectivity index (χ3v) is 4.27. The lowest BCUT2D eigenvalue weighted by molar-refractivity contribution is 0.293. The fraction of sp³-hybridized carbons (Fsp3) is 0.643. The fourth-order valence-corrected chi connectivity index (χ4v) is 3.04. The zero-order valence-corrected chi connectivity index (χ0v) is 13.4. The molecule has 9 heteroatoms. The average molecular weight is 322 g/mol. The van der Waals surface area contributed by atoms with Crippen molar-refractivity contribution < 1.29 is 5.11 Å². The van der Waals surface area contributed by atoms with Gasteiger partial charge in [-0.15, -0.1) is 0 Å². The second-order valence-electron chi connectivity index (χ2n) is 5.76. The summed E-state index contributed by atoms with van der Waals surface area (Å²) in [5.74, 6) is 0.732. The van der Waals surface area contributed by atoms with Crippen molar-refractivity contribution in [1.82, 2.24) is 24.0 Å². The van der Waals surface area contributed by atoms with Crippen LogP contribution in [-0.4, -0.2) is 56.6 Å². The molecule has 3 heterocycles. The number of nitrogens with one attached hydrogen (secondary N) is 1. The van der Waals surface area contributed by atoms with Crippen LogP contribution < -0.4 is 21.5 Å². The molecule has 3 rings (SSSR count). The van der Waals surface area contributed by atoms with Crippen LogP contribution in [0.3, 0.4) is 0 Å². The Balaban J connectivity index is 2.04. The quantitative estimate of drug-likeness (QED) is 0.632. The highest BCUT2D eigenvalue weighted by molar-refractivity contribution is 5.74. The van der Waals surface area contributed by atoms with E-state index in [1.54, 1.807) is 7.05 Å². The van der Waals surface area contributed by atoms with Crippen molar-refractivity contribution in [3.05, 3.63) is 20.8 Å². The SMILES string of the molecule is Cn1c(=O)c2c(nc3n2CCCN3CCNCCO)n(C)c1=O. The normalized spacial score (nSPS) is 14.5. The molecule has 2 N–H and O–H groups in total. The van der Waals surface area contributed by atoms with Crippen molar-refractivity contribution in [3.63, 3.8) is 0 Å². The molecule has 0 aromatic carbocycles. The minimum Gasteiger partial charge on any atom is -0.395 e. The van der Waals surface area contributed by atoms with Crippen molar-refractivity contribution in [2.45, 2.75) is 13.0 Å². The molecule has 23 heavy (non-hydrogen) atoms. The van der Waals surface area contributed by atoms with E-state index in [-0.39, 0.29) is 17.9 Å². The third-order valence-electron chi connectivity index (χ3n) is 4.27. The maximum atomic E-state index is 12.5. The molecule has 1 aliphatic rings. The number of hydrogen-bond donors (Lipinski definition) is 2. The number of aliphatic hydroxyl groups is 1. The van der Waals surface area contributed by atoms with Crippen LogP contribution >= 0.6 is 0 Å². The number of nitrogens with zero attached hydrogens (tertiary/aromatic N) is 5. The Hall–Kier alpha value is -2.13. The number of hydrogen-bond acceptors (Lipinski definition) is 6. The first kappa shape index (κ1) is 15.8. The van der Waals surface area contributed by atoms with Crippen molar-refractivity contribution >= 4 is 17.1 Å². The van der Waals surface area contributed by atoms with Crippen molar-refractivity contribution in [3.8, 4) is 0 Å². The number of anilines is 1. The largest absolute Gasteiger partial charge is 0.395 e. The Morgan fingerprint density at radius 3 is 2.70 bits per heavy atom. The molecule has 0 atom stereocenters. The van der Waals surface area contributed by atoms with Crippen molar-refractivity contribution in [1.29, 1.82) is 0 Å². The van der Waals surface area contributed by atoms with Gasteiger partial charge in [-0.05, 0) is 6.42 Å². The highest BCUT2D eigenvalue weighted by atomic mass is 16.3. The minimum atomic E-state index is -0.367. The van der Waals surface area contributed by atoms with E-state index in [0.717, 1.165) is 43.1 Å². The Kier molecular flexibility index (Phi) is 4.22. The molecule has 0 saturated heterocycles. The topological polar surface area (TPSA) is 97.3 Å². The van der Waals surface area contributed by atoms with Gasteiger partial charge in [0.05, 0.1) is 6.61 Å². The van der Waals surface area contributed by atoms with Crippen LogP contribution in [0, 0.1) is 0 Å². The summed E-state index contributed by atoms with van der Waals surface area (Å²) in [6.07, 6.45) is 0.921. The van der Waals surface area contributed by atoms with Gasteiger partial charge >= 0.3 is 5.69 Å². The first-order valence-corrected chi connectivity index (χ1v) is 7.79. The van der Waals surface area contributed by atoms with E-state index in [4.69, 9.17) is 5.11 Å². The van der Waals surface area contributed by atoms with Gasteiger partial charge < -0.3 is 19.9 Å². The molecule has 9 nitrogen and oxygen atoms in total. The third kappa shape index (κ3) is 2.55. The van der Waals surface area contributed by atoms with Crippen LogP contribution in [0.1, 0.15) is 6.42 Å². The first-order valence-electron chi connectivity index (χ1n) is 7.79. The summed E-state index contributed by atoms with van der Waals surface area (Å²) in [6, 6.07) is 0. The van der Waals surface area contributed by atoms with Gasteiger partial charge in [0.2, 0.25) is 5.95 Å². The Morgan fingerprint density at radius 1 is 1.17 bits per heavy atom. The number of fused-ring (bicyclic) bond motifs is 3. The van der Waals surface area contributed by atoms with Crippen LogP contribution in [0.4, 0.5) is 5.95 Å². The van der Waals surface area contributed by atoms with E-state index in [9.17, 15) is 9.59 Å². The lowest BCUT2D eigenvalue weighted by Gasteiger charge is -2.29. The smallest absolute Gasteiger partial charge is 0.332 e. The molecule has 0 unspecified atom stereocenters. The summed E-state index contributed by atoms with van der Waals surface area (Å²) in [6.45, 7) is 3.70. The van der Waals surface area contributed by atoms with Crippen LogP contribution in [0.25, 0.3) is 11.2 Å². The summed E-state index contributed by atoms with van der Waals surface area (Å²) in [5.41, 5.74) is 0.247. The Morgan fingerprint density at radius 2 is 1.96 bits per heavy atom. The van der Waals surface area contributed by atoms with Crippen LogP contribution in [0.5, 0.6) is 0 Å². The molecular formula is C14H22N6O3. The van der Waals surface area contributed by atoms with Gasteiger partial charge in [0.15, 0.2) is 11.2 Å². The molecule has 2 aromatic heterocycles. The molecule has 2 aromatic rings. The predicted octanol–water partition coefficient (Wildman–Crippen LogP) is -1.77. The summed E-state index contributed by atoms with van der Waals surface area (Å²) in [4.78, 5) is 31.2. The van der Waals surface area contributed by atoms with Crippen molar-refractivity contribution in [2.24, 2.45) is 14.1 Å². The summed E-state index contributed by atoms with van der Waals surface area (Å²) >= 11 is 0. The standard InChI is InChI=1S/C14H22N6O3/c1-17-11-10(12(22)18(2)14(17)23)20-7-3-6-19(13(20)16-11)8-4-15-5-9-21/h15,21H,3-9H2,1-2H3. The molecule has 0 fully saturated rings. The number of aromatic nitrogens is 4. The summed E-state index contributed by atoms with van der Waals surface area (Å²) in [5, 5.41) is 11.9. The monoisotopic (exact) mass is 322 g/mol. The van der Waals surface area contributed by atoms with Gasteiger partial charge in [-0.1, -0.05) is 0 Å². The number of imidazole rings is 1. The highest BCUT2D eigenvalue weighted by Gasteiger charge is 2.25. The van der Waals surface area contributed by atoms with Gasteiger partial charge in [0.1, 0.15) is 0 Å². The minimum absolute atomic E-state index is 0.108. The molecule has 0 saturated carbocycles. The van der Waals surface area contributed by atoms with Crippen LogP contribution in [-0.2, 0) is 20.6 Å². The first-order chi connectivity index (χ1) is 11.1. The lowest BCUT2D eigenvalue weighted by atomic mass is 10.3. The molecular weight excluding hydrogens is 300 g/mol. The molecule has 0 radical (unpaired) electrons. The van der Waals surface area contributed by atoms with E-state index in [1.165, 1.54) is 11.6 Å². The fourth-order valence-electron chi connectivity index (χ4n) is 3.04. The van der Waals surface area contributed by atoms with Gasteiger partial charge in [0, 0.05) is 46.8 Å². The number of aryl methyl sites for hydroxylation is 2. The van der Waals surface area contributed by atoms with E-state index in [0.29, 0.717) is 17.7 Å². The van der Waals surface area contributed by atoms with E-state index in [1.807, 2.05) is 4.57 Å². The molecule has 0 spiro atoms. The van der Waals surface area contributed by atoms with E-state index >= 15 is 0 Å². The maximum absolute atomic E-state index is 12.5. The molecule has 0 bridgehead atoms. The zero-order valence-electron chi connectivity index (χ0n) is 13.4. The second-order valence-corrected chi connectivity index (χ2v) is 5.76. The van der Waals surface area contributed by atoms with E-state index < -0.39 is 0 Å². The average Bonchev–Trinajstić information content (AvgIpc) is 2.95. The van der Waals surface area contributed by atoms with Crippen LogP contribution in [0.15, 0.2) is 9.59 Å². The van der Waals surface area contributed by atoms with Gasteiger partial charge in [-0.2, -0.15) is 4.98 Å². The molecule has 1 aliphatic heterocycles.